The molecule has 0 fully saturated rings. The molecule has 1 unspecified atom stereocenters. The maximum Gasteiger partial charge on any atom is 0.316 e. The number of carboxylic acids is 1. The molecule has 0 bridgehead atoms. The molecule has 0 aliphatic heterocycles. The summed E-state index contributed by atoms with van der Waals surface area (Å²) in [7, 11) is 0. The van der Waals surface area contributed by atoms with Gasteiger partial charge in [0.25, 0.3) is 0 Å². The van der Waals surface area contributed by atoms with Crippen molar-refractivity contribution < 1.29 is 9.90 Å². The largest absolute Gasteiger partial charge is 0.480 e. The van der Waals surface area contributed by atoms with Gasteiger partial charge in [0.15, 0.2) is 0 Å². The van der Waals surface area contributed by atoms with Gasteiger partial charge in [0.05, 0.1) is 22.0 Å². The summed E-state index contributed by atoms with van der Waals surface area (Å²) in [6.07, 6.45) is 4.84. The number of aromatic amines is 1. The summed E-state index contributed by atoms with van der Waals surface area (Å²) >= 11 is 1.39. The van der Waals surface area contributed by atoms with Crippen LogP contribution in [0, 0.1) is 0 Å². The van der Waals surface area contributed by atoms with Crippen LogP contribution in [0.3, 0.4) is 0 Å². The molecular weight excluding hydrogens is 272 g/mol. The summed E-state index contributed by atoms with van der Waals surface area (Å²) in [6, 6.07) is 4.40. The Morgan fingerprint density at radius 3 is 2.80 bits per heavy atom. The van der Waals surface area contributed by atoms with Crippen molar-refractivity contribution in [3.63, 3.8) is 0 Å². The number of nitrogens with zero attached hydrogens (tertiary/aromatic N) is 1. The second-order valence-electron chi connectivity index (χ2n) is 5.32. The normalized spacial score (nSPS) is 16.1. The molecule has 0 spiro atoms. The Morgan fingerprint density at radius 2 is 2.10 bits per heavy atom. The summed E-state index contributed by atoms with van der Waals surface area (Å²) < 4.78 is 0. The molecule has 1 atom stereocenters. The Kier molecular flexibility index (Phi) is 3.70. The molecule has 0 saturated carbocycles. The lowest BCUT2D eigenvalue weighted by atomic mass is 9.91. The van der Waals surface area contributed by atoms with Gasteiger partial charge in [0.2, 0.25) is 0 Å². The first-order valence-electron chi connectivity index (χ1n) is 6.98. The highest BCUT2D eigenvalue weighted by Crippen LogP contribution is 2.26. The van der Waals surface area contributed by atoms with Gasteiger partial charge in [0, 0.05) is 0 Å². The number of aromatic nitrogens is 2. The van der Waals surface area contributed by atoms with Crippen molar-refractivity contribution in [3.8, 4) is 0 Å². The molecule has 1 aromatic heterocycles. The van der Waals surface area contributed by atoms with Gasteiger partial charge in [-0.1, -0.05) is 0 Å². The van der Waals surface area contributed by atoms with Crippen LogP contribution in [0.4, 0.5) is 0 Å². The van der Waals surface area contributed by atoms with Gasteiger partial charge < -0.3 is 10.1 Å². The molecule has 4 nitrogen and oxygen atoms in total. The van der Waals surface area contributed by atoms with Crippen LogP contribution in [-0.4, -0.2) is 26.3 Å². The molecule has 1 heterocycles. The quantitative estimate of drug-likeness (QED) is 0.908. The van der Waals surface area contributed by atoms with Gasteiger partial charge in [-0.05, 0) is 55.9 Å². The topological polar surface area (TPSA) is 66.0 Å². The number of aryl methyl sites for hydroxylation is 2. The Hall–Kier alpha value is -1.49. The molecule has 5 heteroatoms. The van der Waals surface area contributed by atoms with E-state index in [-0.39, 0.29) is 0 Å². The van der Waals surface area contributed by atoms with E-state index in [0.717, 1.165) is 29.7 Å². The number of H-pyrrole nitrogens is 1. The van der Waals surface area contributed by atoms with Gasteiger partial charge in [-0.25, -0.2) is 4.98 Å². The number of hydrogen-bond donors (Lipinski definition) is 2. The highest BCUT2D eigenvalue weighted by Gasteiger charge is 2.15. The summed E-state index contributed by atoms with van der Waals surface area (Å²) in [5.74, 6) is 0.689. The van der Waals surface area contributed by atoms with Gasteiger partial charge >= 0.3 is 5.97 Å². The number of rotatable bonds is 4. The lowest BCUT2D eigenvalue weighted by Gasteiger charge is -2.14. The molecular formula is C15H18N2O2S. The maximum absolute atomic E-state index is 10.8. The Morgan fingerprint density at radius 1 is 1.40 bits per heavy atom. The molecule has 1 aliphatic rings. The number of imidazole rings is 1. The van der Waals surface area contributed by atoms with Gasteiger partial charge in [-0.2, -0.15) is 0 Å². The number of thioether (sulfide) groups is 1. The third kappa shape index (κ3) is 2.68. The van der Waals surface area contributed by atoms with Crippen molar-refractivity contribution in [1.82, 2.24) is 9.97 Å². The van der Waals surface area contributed by atoms with E-state index in [1.807, 2.05) is 0 Å². The van der Waals surface area contributed by atoms with Crippen LogP contribution < -0.4 is 0 Å². The zero-order valence-electron chi connectivity index (χ0n) is 11.5. The maximum atomic E-state index is 10.8. The van der Waals surface area contributed by atoms with Crippen molar-refractivity contribution in [2.75, 3.05) is 0 Å². The fourth-order valence-electron chi connectivity index (χ4n) is 2.64. The highest BCUT2D eigenvalue weighted by atomic mass is 32.2. The third-order valence-corrected chi connectivity index (χ3v) is 4.95. The van der Waals surface area contributed by atoms with Gasteiger partial charge in [-0.15, -0.1) is 11.8 Å². The van der Waals surface area contributed by atoms with E-state index in [9.17, 15) is 4.79 Å². The Balaban J connectivity index is 1.81. The number of aliphatic carboxylic acids is 1. The molecule has 20 heavy (non-hydrogen) atoms. The number of carbonyl (C=O) groups is 1. The first-order chi connectivity index (χ1) is 9.63. The second kappa shape index (κ2) is 5.48. The van der Waals surface area contributed by atoms with Crippen LogP contribution in [0.5, 0.6) is 0 Å². The number of nitrogens with one attached hydrogen (secondary N) is 1. The Bertz CT molecular complexity index is 608. The SMILES string of the molecule is CC(SCc1nc2cc3c(cc2[nH]1)CCCC3)C(=O)O. The van der Waals surface area contributed by atoms with E-state index < -0.39 is 11.2 Å². The number of hydrogen-bond acceptors (Lipinski definition) is 3. The van der Waals surface area contributed by atoms with E-state index in [1.54, 1.807) is 6.92 Å². The zero-order chi connectivity index (χ0) is 14.1. The van der Waals surface area contributed by atoms with Crippen molar-refractivity contribution in [2.24, 2.45) is 0 Å². The second-order valence-corrected chi connectivity index (χ2v) is 6.65. The minimum absolute atomic E-state index is 0.406. The predicted molar refractivity (Wildman–Crippen MR) is 81.1 cm³/mol. The van der Waals surface area contributed by atoms with Crippen molar-refractivity contribution in [3.05, 3.63) is 29.1 Å². The number of benzene rings is 1. The summed E-state index contributed by atoms with van der Waals surface area (Å²) in [4.78, 5) is 18.7. The van der Waals surface area contributed by atoms with E-state index in [2.05, 4.69) is 22.1 Å². The first-order valence-corrected chi connectivity index (χ1v) is 8.03. The lowest BCUT2D eigenvalue weighted by molar-refractivity contribution is -0.136. The molecule has 0 radical (unpaired) electrons. The summed E-state index contributed by atoms with van der Waals surface area (Å²) in [6.45, 7) is 1.70. The van der Waals surface area contributed by atoms with E-state index >= 15 is 0 Å². The molecule has 3 rings (SSSR count). The third-order valence-electron chi connectivity index (χ3n) is 3.81. The minimum Gasteiger partial charge on any atom is -0.480 e. The Labute approximate surface area is 122 Å². The molecule has 2 N–H and O–H groups in total. The van der Waals surface area contributed by atoms with Crippen LogP contribution in [0.2, 0.25) is 0 Å². The number of carboxylic acid groups (broad SMARTS) is 1. The number of fused-ring (bicyclic) bond motifs is 2. The molecule has 1 aliphatic carbocycles. The van der Waals surface area contributed by atoms with Crippen molar-refractivity contribution in [1.29, 1.82) is 0 Å². The van der Waals surface area contributed by atoms with Crippen LogP contribution in [0.1, 0.15) is 36.7 Å². The van der Waals surface area contributed by atoms with Crippen LogP contribution in [0.15, 0.2) is 12.1 Å². The highest BCUT2D eigenvalue weighted by molar-refractivity contribution is 7.99. The minimum atomic E-state index is -0.776. The summed E-state index contributed by atoms with van der Waals surface area (Å²) in [5.41, 5.74) is 4.94. The fourth-order valence-corrected chi connectivity index (χ4v) is 3.32. The first kappa shape index (κ1) is 13.5. The fraction of sp³-hybridized carbons (Fsp3) is 0.467. The average Bonchev–Trinajstić information content (AvgIpc) is 2.83. The summed E-state index contributed by atoms with van der Waals surface area (Å²) in [5, 5.41) is 8.49. The van der Waals surface area contributed by atoms with Crippen molar-refractivity contribution in [2.45, 2.75) is 43.6 Å². The lowest BCUT2D eigenvalue weighted by Crippen LogP contribution is -2.11. The average molecular weight is 290 g/mol. The molecule has 0 saturated heterocycles. The molecule has 106 valence electrons. The van der Waals surface area contributed by atoms with Gasteiger partial charge in [-0.3, -0.25) is 4.79 Å². The van der Waals surface area contributed by atoms with E-state index in [4.69, 9.17) is 5.11 Å². The van der Waals surface area contributed by atoms with Crippen molar-refractivity contribution >= 4 is 28.8 Å². The smallest absolute Gasteiger partial charge is 0.316 e. The van der Waals surface area contributed by atoms with Crippen LogP contribution >= 0.6 is 11.8 Å². The predicted octanol–water partition coefficient (Wildman–Crippen LogP) is 3.15. The molecule has 1 aromatic carbocycles. The van der Waals surface area contributed by atoms with E-state index in [1.165, 1.54) is 35.7 Å². The van der Waals surface area contributed by atoms with Crippen LogP contribution in [0.25, 0.3) is 11.0 Å². The zero-order valence-corrected chi connectivity index (χ0v) is 12.3. The van der Waals surface area contributed by atoms with Gasteiger partial charge in [0.1, 0.15) is 5.82 Å². The van der Waals surface area contributed by atoms with Crippen LogP contribution in [-0.2, 0) is 23.4 Å². The monoisotopic (exact) mass is 290 g/mol. The standard InChI is InChI=1S/C15H18N2O2S/c1-9(15(18)19)20-8-14-16-12-6-10-4-2-3-5-11(10)7-13(12)17-14/h6-7,9H,2-5,8H2,1H3,(H,16,17)(H,18,19). The molecule has 0 amide bonds. The molecule has 2 aromatic rings. The van der Waals surface area contributed by atoms with E-state index in [0.29, 0.717) is 5.75 Å².